The number of carbonyl (C=O) groups is 6. The monoisotopic (exact) mass is 1110 g/mol. The van der Waals surface area contributed by atoms with E-state index in [1.165, 1.54) is 0 Å². The van der Waals surface area contributed by atoms with E-state index < -0.39 is 17.7 Å². The summed E-state index contributed by atoms with van der Waals surface area (Å²) < 4.78 is 39.0. The first kappa shape index (κ1) is 59.9. The summed E-state index contributed by atoms with van der Waals surface area (Å²) in [5, 5.41) is 8.52. The minimum atomic E-state index is -0.529. The number of aromatic nitrogens is 3. The zero-order valence-electron chi connectivity index (χ0n) is 46.6. The van der Waals surface area contributed by atoms with Gasteiger partial charge in [-0.3, -0.25) is 28.8 Å². The van der Waals surface area contributed by atoms with E-state index in [0.29, 0.717) is 90.1 Å². The molecule has 0 atom stereocenters. The second kappa shape index (κ2) is 30.0. The van der Waals surface area contributed by atoms with Crippen molar-refractivity contribution >= 4 is 52.9 Å². The third-order valence-electron chi connectivity index (χ3n) is 13.1. The zero-order chi connectivity index (χ0) is 57.7. The maximum atomic E-state index is 14.2. The molecule has 0 saturated heterocycles. The van der Waals surface area contributed by atoms with E-state index in [1.807, 2.05) is 41.5 Å². The van der Waals surface area contributed by atoms with Gasteiger partial charge in [-0.15, -0.1) is 0 Å². The van der Waals surface area contributed by atoms with E-state index in [1.54, 1.807) is 124 Å². The summed E-state index contributed by atoms with van der Waals surface area (Å²) in [5.41, 5.74) is 2.55. The highest BCUT2D eigenvalue weighted by Gasteiger charge is 2.25. The molecule has 0 aliphatic carbocycles. The summed E-state index contributed by atoms with van der Waals surface area (Å²) in [6, 6.07) is 24.8. The van der Waals surface area contributed by atoms with Crippen LogP contribution < -0.4 is 30.2 Å². The van der Waals surface area contributed by atoms with Crippen LogP contribution in [0.1, 0.15) is 106 Å². The predicted octanol–water partition coefficient (Wildman–Crippen LogP) is 7.83. The Labute approximate surface area is 471 Å². The van der Waals surface area contributed by atoms with Gasteiger partial charge in [0, 0.05) is 108 Å². The topological polar surface area (TPSA) is 242 Å². The minimum absolute atomic E-state index is 0.163. The Bertz CT molecular complexity index is 2710. The Hall–Kier alpha value is -8.79. The van der Waals surface area contributed by atoms with Gasteiger partial charge in [-0.05, 0) is 114 Å². The van der Waals surface area contributed by atoms with Crippen molar-refractivity contribution in [3.05, 3.63) is 160 Å². The summed E-state index contributed by atoms with van der Waals surface area (Å²) in [5.74, 6) is -1.03. The molecule has 0 unspecified atom stereocenters. The van der Waals surface area contributed by atoms with E-state index in [0.717, 1.165) is 0 Å². The van der Waals surface area contributed by atoms with Crippen molar-refractivity contribution in [1.82, 2.24) is 29.7 Å². The van der Waals surface area contributed by atoms with E-state index in [9.17, 15) is 28.8 Å². The molecule has 1 aliphatic heterocycles. The van der Waals surface area contributed by atoms with Crippen molar-refractivity contribution in [2.75, 3.05) is 75.0 Å². The smallest absolute Gasteiger partial charge is 0.260 e. The van der Waals surface area contributed by atoms with E-state index in [2.05, 4.69) is 30.9 Å². The second-order valence-electron chi connectivity index (χ2n) is 18.4. The number of benzene rings is 3. The van der Waals surface area contributed by atoms with Crippen LogP contribution in [-0.2, 0) is 68.2 Å². The lowest BCUT2D eigenvalue weighted by molar-refractivity contribution is -0.133. The van der Waals surface area contributed by atoms with E-state index >= 15 is 0 Å². The third kappa shape index (κ3) is 16.4. The normalized spacial score (nSPS) is 12.4. The van der Waals surface area contributed by atoms with Gasteiger partial charge in [0.05, 0.1) is 39.6 Å². The van der Waals surface area contributed by atoms with Gasteiger partial charge in [0.15, 0.2) is 19.8 Å². The highest BCUT2D eigenvalue weighted by molar-refractivity contribution is 6.05. The van der Waals surface area contributed by atoms with E-state index in [-0.39, 0.29) is 111 Å². The molecular weight excluding hydrogens is 1040 g/mol. The highest BCUT2D eigenvalue weighted by atomic mass is 16.5. The molecule has 0 saturated carbocycles. The number of anilines is 3. The first-order valence-corrected chi connectivity index (χ1v) is 27.0. The van der Waals surface area contributed by atoms with Gasteiger partial charge in [-0.25, -0.2) is 15.0 Å². The fraction of sp³-hybridized carbons (Fsp3) is 0.350. The first-order chi connectivity index (χ1) is 39.4. The molecule has 21 nitrogen and oxygen atoms in total. The fourth-order valence-electron chi connectivity index (χ4n) is 8.95. The van der Waals surface area contributed by atoms with Crippen LogP contribution in [0.25, 0.3) is 0 Å². The van der Waals surface area contributed by atoms with Gasteiger partial charge >= 0.3 is 0 Å². The maximum Gasteiger partial charge on any atom is 0.260 e. The Kier molecular flexibility index (Phi) is 22.2. The van der Waals surface area contributed by atoms with Crippen molar-refractivity contribution in [2.45, 2.75) is 81.2 Å². The molecule has 0 spiro atoms. The molecule has 0 radical (unpaired) electrons. The van der Waals surface area contributed by atoms with Gasteiger partial charge in [0.2, 0.25) is 0 Å². The lowest BCUT2D eigenvalue weighted by Crippen LogP contribution is -2.34. The molecule has 426 valence electrons. The van der Waals surface area contributed by atoms with Crippen LogP contribution in [0.15, 0.2) is 110 Å². The molecule has 7 rings (SSSR count). The van der Waals surface area contributed by atoms with Crippen LogP contribution in [-0.4, -0.2) is 124 Å². The van der Waals surface area contributed by atoms with Gasteiger partial charge < -0.3 is 59.1 Å². The number of amides is 6. The van der Waals surface area contributed by atoms with Gasteiger partial charge in [0.25, 0.3) is 35.4 Å². The standard InChI is InChI=1S/C60H69N9O12/c1-7-67(8-2)52(70)37-79-55-43-25-40(58(73)64-49-19-13-16-22-61-49)26-44(55)32-77-34-46-28-42(60(75)66-51-21-15-18-24-63-51)30-48(57(46)81-39-54(72)69(11-5)12-6)36-78-35-47-29-41(59(74)65-50-20-14-17-23-62-50)27-45(33-76-31-43)56(47)80-38-53(71)68(9-3)10-4/h13-30H,7-12,31-39H2,1-6H3,(H,61,64,73)(H,62,65,74)(H,63,66,75). The number of likely N-dealkylation sites (N-methyl/N-ethyl adjacent to an activating group) is 3. The Balaban J connectivity index is 1.43. The Morgan fingerprint density at radius 2 is 0.630 bits per heavy atom. The maximum absolute atomic E-state index is 14.2. The highest BCUT2D eigenvalue weighted by Crippen LogP contribution is 2.35. The molecule has 6 bridgehead atoms. The number of nitrogens with zero attached hydrogens (tertiary/aromatic N) is 6. The SMILES string of the molecule is CCN(CC)C(=O)COc1c2cc(C(=O)Nc3ccccn3)cc1COCc1cc(C(=O)Nc3ccccn3)cc(c1OCC(=O)N(CC)CC)COCc1cc(C(=O)Nc3ccccn3)cc(c1OCC(=O)N(CC)CC)COC2. The first-order valence-electron chi connectivity index (χ1n) is 27.0. The molecule has 6 amide bonds. The Morgan fingerprint density at radius 1 is 0.395 bits per heavy atom. The summed E-state index contributed by atoms with van der Waals surface area (Å²) in [6.45, 7) is 11.2. The minimum Gasteiger partial charge on any atom is -0.483 e. The van der Waals surface area contributed by atoms with Crippen molar-refractivity contribution < 1.29 is 57.2 Å². The molecule has 3 N–H and O–H groups in total. The van der Waals surface area contributed by atoms with Crippen molar-refractivity contribution in [3.63, 3.8) is 0 Å². The van der Waals surface area contributed by atoms with Crippen LogP contribution in [0, 0.1) is 0 Å². The number of fused-ring (bicyclic) bond motifs is 6. The summed E-state index contributed by atoms with van der Waals surface area (Å²) in [6.07, 6.45) is 4.63. The average Bonchev–Trinajstić information content (AvgIpc) is 3.49. The van der Waals surface area contributed by atoms with Crippen LogP contribution >= 0.6 is 0 Å². The Morgan fingerprint density at radius 3 is 0.827 bits per heavy atom. The lowest BCUT2D eigenvalue weighted by Gasteiger charge is -2.24. The summed E-state index contributed by atoms with van der Waals surface area (Å²) in [7, 11) is 0. The molecule has 3 aromatic carbocycles. The van der Waals surface area contributed by atoms with E-state index in [4.69, 9.17) is 28.4 Å². The molecule has 6 aromatic rings. The molecular formula is C60H69N9O12. The summed E-state index contributed by atoms with van der Waals surface area (Å²) in [4.78, 5) is 101. The molecule has 81 heavy (non-hydrogen) atoms. The number of hydrogen-bond acceptors (Lipinski definition) is 15. The van der Waals surface area contributed by atoms with Crippen LogP contribution in [0.2, 0.25) is 0 Å². The van der Waals surface area contributed by atoms with Crippen molar-refractivity contribution in [2.24, 2.45) is 0 Å². The van der Waals surface area contributed by atoms with Crippen LogP contribution in [0.5, 0.6) is 17.2 Å². The zero-order valence-corrected chi connectivity index (χ0v) is 46.6. The molecule has 1 aliphatic rings. The van der Waals surface area contributed by atoms with Crippen molar-refractivity contribution in [1.29, 1.82) is 0 Å². The van der Waals surface area contributed by atoms with Crippen LogP contribution in [0.4, 0.5) is 17.5 Å². The molecule has 4 heterocycles. The van der Waals surface area contributed by atoms with Gasteiger partial charge in [0.1, 0.15) is 34.7 Å². The summed E-state index contributed by atoms with van der Waals surface area (Å²) >= 11 is 0. The number of pyridine rings is 3. The number of rotatable bonds is 21. The molecule has 21 heteroatoms. The van der Waals surface area contributed by atoms with Gasteiger partial charge in [-0.1, -0.05) is 18.2 Å². The third-order valence-corrected chi connectivity index (χ3v) is 13.1. The number of ether oxygens (including phenoxy) is 6. The fourth-order valence-corrected chi connectivity index (χ4v) is 8.95. The second-order valence-corrected chi connectivity index (χ2v) is 18.4. The van der Waals surface area contributed by atoms with Crippen LogP contribution in [0.3, 0.4) is 0 Å². The number of hydrogen-bond donors (Lipinski definition) is 3. The number of carbonyl (C=O) groups excluding carboxylic acids is 6. The molecule has 0 fully saturated rings. The largest absolute Gasteiger partial charge is 0.483 e. The van der Waals surface area contributed by atoms with Crippen molar-refractivity contribution in [3.8, 4) is 17.2 Å². The quantitative estimate of drug-likeness (QED) is 0.0622. The molecule has 3 aromatic heterocycles. The average molecular weight is 1110 g/mol. The van der Waals surface area contributed by atoms with Gasteiger partial charge in [-0.2, -0.15) is 0 Å². The predicted molar refractivity (Wildman–Crippen MR) is 302 cm³/mol. The number of nitrogens with one attached hydrogen (secondary N) is 3. The lowest BCUT2D eigenvalue weighted by atomic mass is 10.0.